The maximum atomic E-state index is 12.0. The lowest BCUT2D eigenvalue weighted by molar-refractivity contribution is -0.114. The average molecular weight is 357 g/mol. The Kier molecular flexibility index (Phi) is 5.40. The van der Waals surface area contributed by atoms with Crippen molar-refractivity contribution in [2.45, 2.75) is 26.2 Å². The van der Waals surface area contributed by atoms with E-state index in [1.165, 1.54) is 6.42 Å². The molecule has 0 spiro atoms. The second kappa shape index (κ2) is 7.90. The van der Waals surface area contributed by atoms with Gasteiger partial charge in [0.25, 0.3) is 5.91 Å². The lowest BCUT2D eigenvalue weighted by Crippen LogP contribution is -2.30. The summed E-state index contributed by atoms with van der Waals surface area (Å²) in [4.78, 5) is 26.1. The Hall–Kier alpha value is -3.03. The van der Waals surface area contributed by atoms with Crippen molar-refractivity contribution < 1.29 is 14.1 Å². The number of aryl methyl sites for hydroxylation is 1. The summed E-state index contributed by atoms with van der Waals surface area (Å²) in [5, 5.41) is 9.25. The molecule has 0 atom stereocenters. The number of aromatic nitrogens is 1. The maximum Gasteiger partial charge on any atom is 0.250 e. The highest BCUT2D eigenvalue weighted by molar-refractivity contribution is 6.00. The van der Waals surface area contributed by atoms with Crippen molar-refractivity contribution in [1.29, 1.82) is 0 Å². The Morgan fingerprint density at radius 1 is 1.23 bits per heavy atom. The third kappa shape index (κ3) is 4.33. The van der Waals surface area contributed by atoms with E-state index in [1.807, 2.05) is 6.07 Å². The number of carbonyl (C=O) groups excluding carboxylic acids is 2. The predicted octanol–water partition coefficient (Wildman–Crippen LogP) is 2.12. The van der Waals surface area contributed by atoms with E-state index in [1.54, 1.807) is 25.1 Å². The molecule has 0 aliphatic carbocycles. The third-order valence-corrected chi connectivity index (χ3v) is 4.32. The molecule has 26 heavy (non-hydrogen) atoms. The van der Waals surface area contributed by atoms with Gasteiger partial charge in [0.05, 0.1) is 17.8 Å². The standard InChI is InChI=1S/C18H23N5O3/c1-12-9-17(26-22-12)21-16(24)11-20-15-6-5-13(10-14(15)18(19)25)23-7-3-2-4-8-23/h5-6,9-10,20H,2-4,7-8,11H2,1H3,(H2,19,25)(H,21,24). The van der Waals surface area contributed by atoms with E-state index >= 15 is 0 Å². The van der Waals surface area contributed by atoms with Crippen LogP contribution in [0.1, 0.15) is 35.3 Å². The fraction of sp³-hybridized carbons (Fsp3) is 0.389. The molecule has 0 bridgehead atoms. The molecule has 1 aromatic carbocycles. The van der Waals surface area contributed by atoms with Crippen LogP contribution in [0.3, 0.4) is 0 Å². The van der Waals surface area contributed by atoms with E-state index in [0.29, 0.717) is 16.9 Å². The molecule has 8 heteroatoms. The molecule has 3 rings (SSSR count). The average Bonchev–Trinajstić information content (AvgIpc) is 3.05. The second-order valence-electron chi connectivity index (χ2n) is 6.38. The number of hydrogen-bond donors (Lipinski definition) is 3. The van der Waals surface area contributed by atoms with Gasteiger partial charge < -0.3 is 20.5 Å². The lowest BCUT2D eigenvalue weighted by Gasteiger charge is -2.29. The SMILES string of the molecule is Cc1cc(NC(=O)CNc2ccc(N3CCCCC3)cc2C(N)=O)on1. The van der Waals surface area contributed by atoms with Gasteiger partial charge in [-0.3, -0.25) is 14.9 Å². The first-order chi connectivity index (χ1) is 12.5. The van der Waals surface area contributed by atoms with Gasteiger partial charge in [-0.2, -0.15) is 0 Å². The van der Waals surface area contributed by atoms with Crippen LogP contribution >= 0.6 is 0 Å². The number of benzene rings is 1. The van der Waals surface area contributed by atoms with E-state index in [0.717, 1.165) is 31.6 Å². The molecule has 2 aromatic rings. The van der Waals surface area contributed by atoms with Crippen LogP contribution in [-0.4, -0.2) is 36.6 Å². The van der Waals surface area contributed by atoms with Crippen LogP contribution in [0.25, 0.3) is 0 Å². The minimum Gasteiger partial charge on any atom is -0.375 e. The number of primary amides is 1. The molecule has 1 fully saturated rings. The fourth-order valence-corrected chi connectivity index (χ4v) is 3.02. The summed E-state index contributed by atoms with van der Waals surface area (Å²) >= 11 is 0. The predicted molar refractivity (Wildman–Crippen MR) is 99.4 cm³/mol. The van der Waals surface area contributed by atoms with Gasteiger partial charge in [-0.1, -0.05) is 5.16 Å². The van der Waals surface area contributed by atoms with E-state index in [-0.39, 0.29) is 18.3 Å². The molecule has 1 saturated heterocycles. The summed E-state index contributed by atoms with van der Waals surface area (Å²) in [7, 11) is 0. The molecule has 8 nitrogen and oxygen atoms in total. The Balaban J connectivity index is 1.66. The summed E-state index contributed by atoms with van der Waals surface area (Å²) in [5.74, 6) is -0.556. The van der Waals surface area contributed by atoms with Crippen molar-refractivity contribution in [3.63, 3.8) is 0 Å². The third-order valence-electron chi connectivity index (χ3n) is 4.32. The molecular weight excluding hydrogens is 334 g/mol. The van der Waals surface area contributed by atoms with Crippen molar-refractivity contribution >= 4 is 29.1 Å². The number of nitrogens with two attached hydrogens (primary N) is 1. The smallest absolute Gasteiger partial charge is 0.250 e. The van der Waals surface area contributed by atoms with Crippen LogP contribution in [0.2, 0.25) is 0 Å². The van der Waals surface area contributed by atoms with Crippen LogP contribution in [-0.2, 0) is 4.79 Å². The largest absolute Gasteiger partial charge is 0.375 e. The van der Waals surface area contributed by atoms with Crippen LogP contribution in [0, 0.1) is 6.92 Å². The van der Waals surface area contributed by atoms with Gasteiger partial charge in [-0.15, -0.1) is 0 Å². The molecule has 2 heterocycles. The molecule has 0 unspecified atom stereocenters. The fourth-order valence-electron chi connectivity index (χ4n) is 3.02. The number of rotatable bonds is 6. The highest BCUT2D eigenvalue weighted by Gasteiger charge is 2.16. The highest BCUT2D eigenvalue weighted by Crippen LogP contribution is 2.25. The summed E-state index contributed by atoms with van der Waals surface area (Å²) in [5.41, 5.74) is 8.08. The number of nitrogens with one attached hydrogen (secondary N) is 2. The van der Waals surface area contributed by atoms with E-state index in [9.17, 15) is 9.59 Å². The molecule has 1 aromatic heterocycles. The highest BCUT2D eigenvalue weighted by atomic mass is 16.5. The normalized spacial score (nSPS) is 14.1. The molecule has 138 valence electrons. The first-order valence-electron chi connectivity index (χ1n) is 8.69. The van der Waals surface area contributed by atoms with Crippen LogP contribution < -0.4 is 21.3 Å². The molecular formula is C18H23N5O3. The molecule has 0 radical (unpaired) electrons. The molecule has 1 aliphatic heterocycles. The number of nitrogens with zero attached hydrogens (tertiary/aromatic N) is 2. The Morgan fingerprint density at radius 2 is 2.00 bits per heavy atom. The molecule has 4 N–H and O–H groups in total. The monoisotopic (exact) mass is 357 g/mol. The Morgan fingerprint density at radius 3 is 2.65 bits per heavy atom. The van der Waals surface area contributed by atoms with Gasteiger partial charge in [0.1, 0.15) is 0 Å². The number of hydrogen-bond acceptors (Lipinski definition) is 6. The topological polar surface area (TPSA) is 113 Å². The Bertz CT molecular complexity index is 796. The van der Waals surface area contributed by atoms with E-state index in [2.05, 4.69) is 20.7 Å². The molecule has 2 amide bonds. The van der Waals surface area contributed by atoms with E-state index < -0.39 is 5.91 Å². The molecule has 0 saturated carbocycles. The zero-order chi connectivity index (χ0) is 18.5. The van der Waals surface area contributed by atoms with Gasteiger partial charge in [-0.05, 0) is 44.4 Å². The summed E-state index contributed by atoms with van der Waals surface area (Å²) in [6.45, 7) is 3.69. The quantitative estimate of drug-likeness (QED) is 0.730. The van der Waals surface area contributed by atoms with Crippen molar-refractivity contribution in [2.75, 3.05) is 35.2 Å². The van der Waals surface area contributed by atoms with Gasteiger partial charge in [0.2, 0.25) is 11.8 Å². The van der Waals surface area contributed by atoms with Gasteiger partial charge in [0, 0.05) is 30.5 Å². The number of carbonyl (C=O) groups is 2. The first kappa shape index (κ1) is 17.8. The zero-order valence-electron chi connectivity index (χ0n) is 14.7. The van der Waals surface area contributed by atoms with Gasteiger partial charge in [0.15, 0.2) is 0 Å². The number of amides is 2. The zero-order valence-corrected chi connectivity index (χ0v) is 14.7. The first-order valence-corrected chi connectivity index (χ1v) is 8.69. The van der Waals surface area contributed by atoms with E-state index in [4.69, 9.17) is 10.3 Å². The van der Waals surface area contributed by atoms with Crippen molar-refractivity contribution in [1.82, 2.24) is 5.16 Å². The Labute approximate surface area is 151 Å². The van der Waals surface area contributed by atoms with Crippen molar-refractivity contribution in [3.05, 3.63) is 35.5 Å². The van der Waals surface area contributed by atoms with Crippen molar-refractivity contribution in [3.8, 4) is 0 Å². The van der Waals surface area contributed by atoms with Crippen LogP contribution in [0.15, 0.2) is 28.8 Å². The minimum atomic E-state index is -0.530. The summed E-state index contributed by atoms with van der Waals surface area (Å²) < 4.78 is 4.94. The summed E-state index contributed by atoms with van der Waals surface area (Å²) in [6, 6.07) is 7.14. The second-order valence-corrected chi connectivity index (χ2v) is 6.38. The van der Waals surface area contributed by atoms with Crippen LogP contribution in [0.4, 0.5) is 17.3 Å². The number of piperidine rings is 1. The minimum absolute atomic E-state index is 0.0247. The molecule has 1 aliphatic rings. The number of anilines is 3. The van der Waals surface area contributed by atoms with Gasteiger partial charge >= 0.3 is 0 Å². The summed E-state index contributed by atoms with van der Waals surface area (Å²) in [6.07, 6.45) is 3.53. The van der Waals surface area contributed by atoms with Crippen LogP contribution in [0.5, 0.6) is 0 Å². The lowest BCUT2D eigenvalue weighted by atomic mass is 10.1. The maximum absolute atomic E-state index is 12.0. The van der Waals surface area contributed by atoms with Gasteiger partial charge in [-0.25, -0.2) is 0 Å². The van der Waals surface area contributed by atoms with Crippen molar-refractivity contribution in [2.24, 2.45) is 5.73 Å².